The molecule has 0 bridgehead atoms. The van der Waals surface area contributed by atoms with E-state index in [0.717, 1.165) is 6.07 Å². The Morgan fingerprint density at radius 3 is 2.36 bits per heavy atom. The monoisotopic (exact) mass is 201 g/mol. The van der Waals surface area contributed by atoms with Gasteiger partial charge in [0.15, 0.2) is 0 Å². The Labute approximate surface area is 79.5 Å². The van der Waals surface area contributed by atoms with E-state index in [1.807, 2.05) is 0 Å². The summed E-state index contributed by atoms with van der Waals surface area (Å²) < 4.78 is 25.0. The second-order valence-electron chi connectivity index (χ2n) is 3.00. The fourth-order valence-corrected chi connectivity index (χ4v) is 1.26. The highest BCUT2D eigenvalue weighted by Gasteiger charge is 2.24. The first-order chi connectivity index (χ1) is 6.45. The fourth-order valence-electron chi connectivity index (χ4n) is 1.26. The summed E-state index contributed by atoms with van der Waals surface area (Å²) in [5.41, 5.74) is -0.0711. The molecule has 0 amide bonds. The average Bonchev–Trinajstić information content (AvgIpc) is 2.08. The van der Waals surface area contributed by atoms with Crippen molar-refractivity contribution in [1.82, 2.24) is 0 Å². The minimum absolute atomic E-state index is 0.286. The number of nitro benzene ring substituents is 1. The second kappa shape index (κ2) is 3.69. The van der Waals surface area contributed by atoms with Gasteiger partial charge in [-0.05, 0) is 25.0 Å². The van der Waals surface area contributed by atoms with E-state index in [4.69, 9.17) is 0 Å². The number of halogens is 2. The third-order valence-corrected chi connectivity index (χ3v) is 2.18. The van der Waals surface area contributed by atoms with Crippen molar-refractivity contribution < 1.29 is 13.7 Å². The topological polar surface area (TPSA) is 43.1 Å². The molecular formula is C9H9F2NO2. The molecule has 5 heteroatoms. The second-order valence-corrected chi connectivity index (χ2v) is 3.00. The number of hydrogen-bond acceptors (Lipinski definition) is 2. The van der Waals surface area contributed by atoms with Crippen molar-refractivity contribution in [3.8, 4) is 0 Å². The van der Waals surface area contributed by atoms with Crippen LogP contribution in [0.5, 0.6) is 0 Å². The van der Waals surface area contributed by atoms with Gasteiger partial charge in [0.05, 0.1) is 10.5 Å². The van der Waals surface area contributed by atoms with E-state index in [1.54, 1.807) is 6.92 Å². The van der Waals surface area contributed by atoms with Crippen LogP contribution in [0.25, 0.3) is 0 Å². The Bertz CT molecular complexity index is 377. The quantitative estimate of drug-likeness (QED) is 0.544. The molecule has 0 aliphatic rings. The van der Waals surface area contributed by atoms with Crippen LogP contribution in [0.2, 0.25) is 0 Å². The standard InChI is InChI=1S/C9H9F2NO2/c1-5-3-4-7(12(13)14)8(6(5)2)9(10)11/h3-4,9H,1-2H3. The van der Waals surface area contributed by atoms with Crippen molar-refractivity contribution >= 4 is 5.69 Å². The molecule has 0 fully saturated rings. The smallest absolute Gasteiger partial charge is 0.258 e. The molecule has 0 aliphatic heterocycles. The summed E-state index contributed by atoms with van der Waals surface area (Å²) in [7, 11) is 0. The highest BCUT2D eigenvalue weighted by Crippen LogP contribution is 2.33. The molecule has 76 valence electrons. The van der Waals surface area contributed by atoms with E-state index in [2.05, 4.69) is 0 Å². The molecule has 0 N–H and O–H groups in total. The predicted molar refractivity (Wildman–Crippen MR) is 47.5 cm³/mol. The van der Waals surface area contributed by atoms with Gasteiger partial charge in [-0.1, -0.05) is 6.07 Å². The van der Waals surface area contributed by atoms with Crippen LogP contribution in [0, 0.1) is 24.0 Å². The zero-order chi connectivity index (χ0) is 10.9. The van der Waals surface area contributed by atoms with E-state index in [-0.39, 0.29) is 5.56 Å². The van der Waals surface area contributed by atoms with Crippen molar-refractivity contribution in [2.75, 3.05) is 0 Å². The first-order valence-corrected chi connectivity index (χ1v) is 3.97. The maximum Gasteiger partial charge on any atom is 0.278 e. The molecule has 1 aromatic rings. The van der Waals surface area contributed by atoms with Gasteiger partial charge in [0.2, 0.25) is 0 Å². The number of benzene rings is 1. The minimum Gasteiger partial charge on any atom is -0.258 e. The van der Waals surface area contributed by atoms with E-state index >= 15 is 0 Å². The molecule has 0 spiro atoms. The van der Waals surface area contributed by atoms with Gasteiger partial charge < -0.3 is 0 Å². The van der Waals surface area contributed by atoms with Crippen molar-refractivity contribution in [3.05, 3.63) is 38.9 Å². The lowest BCUT2D eigenvalue weighted by molar-refractivity contribution is -0.386. The van der Waals surface area contributed by atoms with Crippen molar-refractivity contribution in [3.63, 3.8) is 0 Å². The van der Waals surface area contributed by atoms with Gasteiger partial charge in [-0.2, -0.15) is 0 Å². The first-order valence-electron chi connectivity index (χ1n) is 3.97. The molecule has 1 rings (SSSR count). The maximum absolute atomic E-state index is 12.5. The first kappa shape index (κ1) is 10.6. The molecule has 0 aliphatic carbocycles. The van der Waals surface area contributed by atoms with Gasteiger partial charge >= 0.3 is 0 Å². The molecule has 14 heavy (non-hydrogen) atoms. The zero-order valence-corrected chi connectivity index (χ0v) is 7.75. The molecule has 0 atom stereocenters. The highest BCUT2D eigenvalue weighted by molar-refractivity contribution is 5.49. The molecule has 0 unspecified atom stereocenters. The third-order valence-electron chi connectivity index (χ3n) is 2.18. The Hall–Kier alpha value is -1.52. The average molecular weight is 201 g/mol. The van der Waals surface area contributed by atoms with Gasteiger partial charge in [0, 0.05) is 6.07 Å². The fraction of sp³-hybridized carbons (Fsp3) is 0.333. The molecule has 0 heterocycles. The van der Waals surface area contributed by atoms with E-state index < -0.39 is 22.6 Å². The maximum atomic E-state index is 12.5. The summed E-state index contributed by atoms with van der Waals surface area (Å²) in [5.74, 6) is 0. The normalized spacial score (nSPS) is 10.6. The lowest BCUT2D eigenvalue weighted by Crippen LogP contribution is -2.00. The zero-order valence-electron chi connectivity index (χ0n) is 7.75. The van der Waals surface area contributed by atoms with Crippen LogP contribution in [0.4, 0.5) is 14.5 Å². The Morgan fingerprint density at radius 1 is 1.36 bits per heavy atom. The van der Waals surface area contributed by atoms with E-state index in [1.165, 1.54) is 13.0 Å². The Kier molecular flexibility index (Phi) is 2.78. The van der Waals surface area contributed by atoms with E-state index in [9.17, 15) is 18.9 Å². The number of nitrogens with zero attached hydrogens (tertiary/aromatic N) is 1. The molecular weight excluding hydrogens is 192 g/mol. The number of hydrogen-bond donors (Lipinski definition) is 0. The SMILES string of the molecule is Cc1ccc([N+](=O)[O-])c(C(F)F)c1C. The highest BCUT2D eigenvalue weighted by atomic mass is 19.3. The molecule has 0 saturated heterocycles. The molecule has 0 aromatic heterocycles. The van der Waals surface area contributed by atoms with Crippen LogP contribution < -0.4 is 0 Å². The minimum atomic E-state index is -2.81. The molecule has 0 radical (unpaired) electrons. The molecule has 1 aromatic carbocycles. The summed E-state index contributed by atoms with van der Waals surface area (Å²) >= 11 is 0. The number of rotatable bonds is 2. The molecule has 0 saturated carbocycles. The summed E-state index contributed by atoms with van der Waals surface area (Å²) in [5, 5.41) is 10.5. The third kappa shape index (κ3) is 1.71. The summed E-state index contributed by atoms with van der Waals surface area (Å²) in [6.07, 6.45) is -2.81. The van der Waals surface area contributed by atoms with Crippen LogP contribution in [0.1, 0.15) is 23.1 Å². The van der Waals surface area contributed by atoms with Gasteiger partial charge in [-0.25, -0.2) is 8.78 Å². The summed E-state index contributed by atoms with van der Waals surface area (Å²) in [6, 6.07) is 2.59. The van der Waals surface area contributed by atoms with Crippen molar-refractivity contribution in [2.45, 2.75) is 20.3 Å². The van der Waals surface area contributed by atoms with Gasteiger partial charge in [-0.15, -0.1) is 0 Å². The molecule has 3 nitrogen and oxygen atoms in total. The van der Waals surface area contributed by atoms with Gasteiger partial charge in [0.1, 0.15) is 0 Å². The van der Waals surface area contributed by atoms with Gasteiger partial charge in [-0.3, -0.25) is 10.1 Å². The van der Waals surface area contributed by atoms with Crippen LogP contribution in [-0.2, 0) is 0 Å². The van der Waals surface area contributed by atoms with Crippen LogP contribution in [0.3, 0.4) is 0 Å². The van der Waals surface area contributed by atoms with Crippen molar-refractivity contribution in [1.29, 1.82) is 0 Å². The lowest BCUT2D eigenvalue weighted by atomic mass is 10.0. The van der Waals surface area contributed by atoms with Crippen LogP contribution in [-0.4, -0.2) is 4.92 Å². The number of nitro groups is 1. The van der Waals surface area contributed by atoms with Crippen molar-refractivity contribution in [2.24, 2.45) is 0 Å². The lowest BCUT2D eigenvalue weighted by Gasteiger charge is -2.07. The number of alkyl halides is 2. The summed E-state index contributed by atoms with van der Waals surface area (Å²) in [6.45, 7) is 3.11. The van der Waals surface area contributed by atoms with E-state index in [0.29, 0.717) is 5.56 Å². The van der Waals surface area contributed by atoms with Crippen LogP contribution >= 0.6 is 0 Å². The predicted octanol–water partition coefficient (Wildman–Crippen LogP) is 3.15. The Morgan fingerprint density at radius 2 is 1.93 bits per heavy atom. The van der Waals surface area contributed by atoms with Crippen LogP contribution in [0.15, 0.2) is 12.1 Å². The number of aryl methyl sites for hydroxylation is 1. The largest absolute Gasteiger partial charge is 0.278 e. The Balaban J connectivity index is 3.45. The van der Waals surface area contributed by atoms with Gasteiger partial charge in [0.25, 0.3) is 12.1 Å². The summed E-state index contributed by atoms with van der Waals surface area (Å²) in [4.78, 5) is 9.68.